The van der Waals surface area contributed by atoms with E-state index in [2.05, 4.69) is 25.8 Å². The van der Waals surface area contributed by atoms with E-state index in [0.29, 0.717) is 5.92 Å². The Kier molecular flexibility index (Phi) is 4.50. The van der Waals surface area contributed by atoms with Gasteiger partial charge in [0.05, 0.1) is 5.69 Å². The minimum absolute atomic E-state index is 0.409. The Balaban J connectivity index is 1.26. The van der Waals surface area contributed by atoms with Gasteiger partial charge in [0.25, 0.3) is 0 Å². The summed E-state index contributed by atoms with van der Waals surface area (Å²) < 4.78 is 4.14. The quantitative estimate of drug-likeness (QED) is 0.691. The highest BCUT2D eigenvalue weighted by Gasteiger charge is 2.26. The molecule has 0 aromatic carbocycles. The van der Waals surface area contributed by atoms with Gasteiger partial charge in [-0.05, 0) is 63.4 Å². The van der Waals surface area contributed by atoms with Crippen molar-refractivity contribution in [3.8, 4) is 0 Å². The highest BCUT2D eigenvalue weighted by Crippen LogP contribution is 2.28. The second kappa shape index (κ2) is 7.16. The molecule has 0 spiro atoms. The summed E-state index contributed by atoms with van der Waals surface area (Å²) in [6.07, 6.45) is 5.91. The fraction of sp³-hybridized carbons (Fsp3) is 0.600. The molecule has 2 aliphatic rings. The highest BCUT2D eigenvalue weighted by atomic mass is 15.4. The van der Waals surface area contributed by atoms with E-state index in [4.69, 9.17) is 10.2 Å². The third kappa shape index (κ3) is 3.26. The lowest BCUT2D eigenvalue weighted by Gasteiger charge is -2.30. The summed E-state index contributed by atoms with van der Waals surface area (Å²) in [5.74, 6) is 2.33. The molecule has 28 heavy (non-hydrogen) atoms. The molecule has 0 saturated carbocycles. The SMILES string of the molecule is CN(C)c1ccc2nnc(C3CCN(Cc4cc5n(n4)CCCC5)CC3)n2n1. The van der Waals surface area contributed by atoms with E-state index in [0.717, 1.165) is 56.3 Å². The van der Waals surface area contributed by atoms with Gasteiger partial charge < -0.3 is 4.90 Å². The molecule has 1 fully saturated rings. The Morgan fingerprint density at radius 3 is 2.68 bits per heavy atom. The van der Waals surface area contributed by atoms with Crippen LogP contribution in [-0.4, -0.2) is 61.7 Å². The van der Waals surface area contributed by atoms with Gasteiger partial charge in [-0.2, -0.15) is 9.61 Å². The van der Waals surface area contributed by atoms with Gasteiger partial charge in [0.1, 0.15) is 5.82 Å². The largest absolute Gasteiger partial charge is 0.361 e. The van der Waals surface area contributed by atoms with Crippen LogP contribution in [0.3, 0.4) is 0 Å². The molecule has 5 heterocycles. The van der Waals surface area contributed by atoms with Crippen molar-refractivity contribution < 1.29 is 0 Å². The molecule has 0 atom stereocenters. The summed E-state index contributed by atoms with van der Waals surface area (Å²) in [6.45, 7) is 4.17. The van der Waals surface area contributed by atoms with Crippen molar-refractivity contribution in [3.63, 3.8) is 0 Å². The number of hydrogen-bond donors (Lipinski definition) is 0. The number of aryl methyl sites for hydroxylation is 2. The van der Waals surface area contributed by atoms with Crippen LogP contribution in [0.25, 0.3) is 5.65 Å². The molecule has 8 nitrogen and oxygen atoms in total. The van der Waals surface area contributed by atoms with Gasteiger partial charge in [0, 0.05) is 38.8 Å². The lowest BCUT2D eigenvalue weighted by molar-refractivity contribution is 0.198. The zero-order chi connectivity index (χ0) is 19.1. The minimum Gasteiger partial charge on any atom is -0.361 e. The first-order valence-electron chi connectivity index (χ1n) is 10.3. The van der Waals surface area contributed by atoms with Gasteiger partial charge >= 0.3 is 0 Å². The molecule has 0 radical (unpaired) electrons. The van der Waals surface area contributed by atoms with E-state index in [1.807, 2.05) is 35.6 Å². The summed E-state index contributed by atoms with van der Waals surface area (Å²) in [4.78, 5) is 4.53. The second-order valence-corrected chi connectivity index (χ2v) is 8.27. The van der Waals surface area contributed by atoms with Gasteiger partial charge in [-0.15, -0.1) is 15.3 Å². The first-order chi connectivity index (χ1) is 13.7. The van der Waals surface area contributed by atoms with E-state index >= 15 is 0 Å². The van der Waals surface area contributed by atoms with E-state index in [1.165, 1.54) is 30.7 Å². The van der Waals surface area contributed by atoms with Gasteiger partial charge in [0.2, 0.25) is 0 Å². The lowest BCUT2D eigenvalue weighted by atomic mass is 9.96. The molecule has 0 N–H and O–H groups in total. The number of anilines is 1. The molecular weight excluding hydrogens is 352 g/mol. The van der Waals surface area contributed by atoms with Crippen molar-refractivity contribution in [2.45, 2.75) is 51.1 Å². The van der Waals surface area contributed by atoms with Crippen LogP contribution in [0.5, 0.6) is 0 Å². The monoisotopic (exact) mass is 380 g/mol. The van der Waals surface area contributed by atoms with E-state index in [1.54, 1.807) is 0 Å². The van der Waals surface area contributed by atoms with Crippen LogP contribution in [-0.2, 0) is 19.5 Å². The van der Waals surface area contributed by atoms with Crippen LogP contribution in [0.4, 0.5) is 5.82 Å². The van der Waals surface area contributed by atoms with Gasteiger partial charge in [-0.3, -0.25) is 9.58 Å². The van der Waals surface area contributed by atoms with E-state index in [9.17, 15) is 0 Å². The predicted octanol–water partition coefficient (Wildman–Crippen LogP) is 2.10. The molecule has 5 rings (SSSR count). The number of aromatic nitrogens is 6. The fourth-order valence-corrected chi connectivity index (χ4v) is 4.42. The highest BCUT2D eigenvalue weighted by molar-refractivity contribution is 5.45. The zero-order valence-electron chi connectivity index (χ0n) is 16.8. The Morgan fingerprint density at radius 2 is 1.89 bits per heavy atom. The summed E-state index contributed by atoms with van der Waals surface area (Å²) >= 11 is 0. The van der Waals surface area contributed by atoms with E-state index in [-0.39, 0.29) is 0 Å². The van der Waals surface area contributed by atoms with Crippen molar-refractivity contribution in [3.05, 3.63) is 35.4 Å². The molecule has 1 saturated heterocycles. The molecule has 0 unspecified atom stereocenters. The second-order valence-electron chi connectivity index (χ2n) is 8.27. The van der Waals surface area contributed by atoms with Crippen LogP contribution in [0, 0.1) is 0 Å². The Bertz CT molecular complexity index is 940. The molecule has 8 heteroatoms. The first kappa shape index (κ1) is 17.6. The number of piperidine rings is 1. The maximum absolute atomic E-state index is 4.81. The molecular formula is C20H28N8. The summed E-state index contributed by atoms with van der Waals surface area (Å²) in [7, 11) is 4.01. The number of nitrogens with zero attached hydrogens (tertiary/aromatic N) is 8. The fourth-order valence-electron chi connectivity index (χ4n) is 4.42. The van der Waals surface area contributed by atoms with Crippen molar-refractivity contribution in [1.82, 2.24) is 34.5 Å². The smallest absolute Gasteiger partial charge is 0.178 e. The predicted molar refractivity (Wildman–Crippen MR) is 108 cm³/mol. The lowest BCUT2D eigenvalue weighted by Crippen LogP contribution is -2.33. The Labute approximate surface area is 165 Å². The Hall–Kier alpha value is -2.48. The summed E-state index contributed by atoms with van der Waals surface area (Å²) in [6, 6.07) is 6.29. The van der Waals surface area contributed by atoms with Gasteiger partial charge in [-0.1, -0.05) is 0 Å². The van der Waals surface area contributed by atoms with Crippen LogP contribution >= 0.6 is 0 Å². The number of rotatable bonds is 4. The third-order valence-electron chi connectivity index (χ3n) is 6.04. The normalized spacial score (nSPS) is 18.5. The average Bonchev–Trinajstić information content (AvgIpc) is 3.31. The number of hydrogen-bond acceptors (Lipinski definition) is 6. The maximum atomic E-state index is 4.81. The molecule has 2 aliphatic heterocycles. The number of fused-ring (bicyclic) bond motifs is 2. The van der Waals surface area contributed by atoms with Gasteiger partial charge in [0.15, 0.2) is 11.5 Å². The van der Waals surface area contributed by atoms with Crippen molar-refractivity contribution in [1.29, 1.82) is 0 Å². The summed E-state index contributed by atoms with van der Waals surface area (Å²) in [5, 5.41) is 18.3. The van der Waals surface area contributed by atoms with Gasteiger partial charge in [-0.25, -0.2) is 0 Å². The standard InChI is InChI=1S/C20H28N8/c1-25(2)19-7-6-18-21-22-20(28(18)24-19)15-8-11-26(12-9-15)14-16-13-17-5-3-4-10-27(17)23-16/h6-7,13,15H,3-5,8-12,14H2,1-2H3. The van der Waals surface area contributed by atoms with Crippen LogP contribution in [0.15, 0.2) is 18.2 Å². The first-order valence-corrected chi connectivity index (χ1v) is 10.3. The molecule has 0 amide bonds. The molecule has 0 bridgehead atoms. The van der Waals surface area contributed by atoms with Crippen molar-refractivity contribution in [2.24, 2.45) is 0 Å². The van der Waals surface area contributed by atoms with Crippen LogP contribution < -0.4 is 4.90 Å². The average molecular weight is 381 g/mol. The molecule has 3 aromatic rings. The Morgan fingerprint density at radius 1 is 1.04 bits per heavy atom. The summed E-state index contributed by atoms with van der Waals surface area (Å²) in [5.41, 5.74) is 3.46. The van der Waals surface area contributed by atoms with Crippen LogP contribution in [0.1, 0.15) is 48.8 Å². The minimum atomic E-state index is 0.409. The van der Waals surface area contributed by atoms with Crippen molar-refractivity contribution in [2.75, 3.05) is 32.1 Å². The topological polar surface area (TPSA) is 67.4 Å². The maximum Gasteiger partial charge on any atom is 0.178 e. The molecule has 148 valence electrons. The van der Waals surface area contributed by atoms with Crippen LogP contribution in [0.2, 0.25) is 0 Å². The number of likely N-dealkylation sites (tertiary alicyclic amines) is 1. The molecule has 3 aromatic heterocycles. The molecule has 0 aliphatic carbocycles. The zero-order valence-corrected chi connectivity index (χ0v) is 16.8. The van der Waals surface area contributed by atoms with E-state index < -0.39 is 0 Å². The third-order valence-corrected chi connectivity index (χ3v) is 6.04. The van der Waals surface area contributed by atoms with Crippen molar-refractivity contribution >= 4 is 11.5 Å².